The minimum Gasteiger partial charge on any atom is -0.325 e. The monoisotopic (exact) mass is 660 g/mol. The van der Waals surface area contributed by atoms with E-state index in [4.69, 9.17) is 0 Å². The third-order valence-electron chi connectivity index (χ3n) is 11.3. The predicted octanol–water partition coefficient (Wildman–Crippen LogP) is 12.6. The molecule has 0 atom stereocenters. The summed E-state index contributed by atoms with van der Waals surface area (Å²) >= 11 is 0. The Morgan fingerprint density at radius 3 is 1.25 bits per heavy atom. The Bertz CT molecular complexity index is 1150. The lowest BCUT2D eigenvalue weighted by atomic mass is 9.91. The van der Waals surface area contributed by atoms with Crippen LogP contribution >= 0.6 is 0 Å². The molecule has 0 saturated carbocycles. The summed E-state index contributed by atoms with van der Waals surface area (Å²) in [6.45, 7) is 9.06. The number of benzene rings is 2. The van der Waals surface area contributed by atoms with Gasteiger partial charge in [0.1, 0.15) is 0 Å². The topological polar surface area (TPSA) is 26.0 Å². The van der Waals surface area contributed by atoms with E-state index in [9.17, 15) is 0 Å². The lowest BCUT2D eigenvalue weighted by Gasteiger charge is -2.30. The predicted molar refractivity (Wildman–Crippen MR) is 214 cm³/mol. The first kappa shape index (κ1) is 40.6. The highest BCUT2D eigenvalue weighted by molar-refractivity contribution is 5.93. The van der Waals surface area contributed by atoms with Gasteiger partial charge in [-0.15, -0.1) is 0 Å². The maximum absolute atomic E-state index is 4.44. The molecular formula is C46H79N2+. The highest BCUT2D eigenvalue weighted by atomic mass is 15.2. The Balaban J connectivity index is 1.34. The van der Waals surface area contributed by atoms with Crippen LogP contribution in [0.15, 0.2) is 30.3 Å². The highest BCUT2D eigenvalue weighted by Gasteiger charge is 2.37. The summed E-state index contributed by atoms with van der Waals surface area (Å²) in [5, 5.41) is 9.10. The molecule has 1 heterocycles. The van der Waals surface area contributed by atoms with Crippen LogP contribution in [-0.4, -0.2) is 5.66 Å². The number of hydrogen-bond donors (Lipinski definition) is 2. The first-order chi connectivity index (χ1) is 23.7. The van der Waals surface area contributed by atoms with Crippen molar-refractivity contribution < 1.29 is 4.99 Å². The van der Waals surface area contributed by atoms with Crippen LogP contribution in [0.4, 0.5) is 5.69 Å². The van der Waals surface area contributed by atoms with Crippen molar-refractivity contribution in [1.29, 1.82) is 0 Å². The van der Waals surface area contributed by atoms with Crippen LogP contribution in [0.25, 0.3) is 17.4 Å². The molecule has 1 aliphatic heterocycles. The molecule has 0 aliphatic carbocycles. The van der Waals surface area contributed by atoms with E-state index in [2.05, 4.69) is 61.1 Å². The number of nitrogens with one attached hydrogen (secondary N) is 2. The van der Waals surface area contributed by atoms with Crippen LogP contribution in [0, 0.1) is 0 Å². The Morgan fingerprint density at radius 2 is 0.854 bits per heavy atom. The van der Waals surface area contributed by atoms with Crippen LogP contribution in [-0.2, 0) is 0 Å². The van der Waals surface area contributed by atoms with E-state index in [0.717, 1.165) is 5.22 Å². The largest absolute Gasteiger partial charge is 0.325 e. The summed E-state index contributed by atoms with van der Waals surface area (Å²) in [5.41, 5.74) is 1.25. The van der Waals surface area contributed by atoms with Crippen LogP contribution in [0.2, 0.25) is 0 Å². The number of rotatable bonds is 32. The maximum atomic E-state index is 4.44. The van der Waals surface area contributed by atoms with Crippen molar-refractivity contribution in [2.45, 2.75) is 225 Å². The normalized spacial score (nSPS) is 13.5. The van der Waals surface area contributed by atoms with E-state index >= 15 is 0 Å². The van der Waals surface area contributed by atoms with E-state index in [1.54, 1.807) is 0 Å². The molecule has 0 radical (unpaired) electrons. The lowest BCUT2D eigenvalue weighted by Crippen LogP contribution is -2.95. The standard InChI is InChI=1S/C46H78N2/c1-4-6-8-10-12-14-16-18-20-22-24-26-28-30-32-39-46(47-43-36-34-35-42-38-37-41(3)45(48-46)44(42)43)40-33-31-29-27-25-23-21-19-17-15-13-11-9-7-5-2/h34-38,47H,3-33,39-40H2,1-2H3/p+1. The molecule has 2 N–H and O–H groups in total. The third kappa shape index (κ3) is 16.3. The van der Waals surface area contributed by atoms with Gasteiger partial charge in [0.25, 0.3) is 0 Å². The average Bonchev–Trinajstić information content (AvgIpc) is 3.10. The molecule has 0 fully saturated rings. The van der Waals surface area contributed by atoms with Crippen LogP contribution in [0.5, 0.6) is 0 Å². The van der Waals surface area contributed by atoms with Crippen molar-refractivity contribution in [2.75, 3.05) is 5.32 Å². The second kappa shape index (κ2) is 26.0. The van der Waals surface area contributed by atoms with Gasteiger partial charge in [0, 0.05) is 18.1 Å². The zero-order valence-corrected chi connectivity index (χ0v) is 32.2. The van der Waals surface area contributed by atoms with Crippen molar-refractivity contribution in [3.63, 3.8) is 0 Å². The van der Waals surface area contributed by atoms with E-state index in [0.29, 0.717) is 0 Å². The molecule has 0 saturated heterocycles. The van der Waals surface area contributed by atoms with Crippen molar-refractivity contribution in [3.05, 3.63) is 40.9 Å². The minimum atomic E-state index is -0.0534. The maximum Gasteiger partial charge on any atom is 0.234 e. The van der Waals surface area contributed by atoms with Crippen LogP contribution in [0.3, 0.4) is 0 Å². The van der Waals surface area contributed by atoms with Gasteiger partial charge >= 0.3 is 0 Å². The van der Waals surface area contributed by atoms with E-state index in [-0.39, 0.29) is 5.66 Å². The molecular weight excluding hydrogens is 581 g/mol. The van der Waals surface area contributed by atoms with Crippen molar-refractivity contribution in [1.82, 2.24) is 0 Å². The van der Waals surface area contributed by atoms with Gasteiger partial charge in [0.15, 0.2) is 0 Å². The van der Waals surface area contributed by atoms with Gasteiger partial charge in [-0.05, 0) is 30.4 Å². The number of anilines is 1. The molecule has 3 rings (SSSR count). The van der Waals surface area contributed by atoms with Gasteiger partial charge in [-0.1, -0.05) is 218 Å². The van der Waals surface area contributed by atoms with E-state index in [1.807, 2.05) is 0 Å². The fraction of sp³-hybridized carbons (Fsp3) is 0.761. The first-order valence-corrected chi connectivity index (χ1v) is 21.6. The number of unbranched alkanes of at least 4 members (excludes halogenated alkanes) is 28. The molecule has 2 nitrogen and oxygen atoms in total. The average molecular weight is 660 g/mol. The van der Waals surface area contributed by atoms with Gasteiger partial charge in [0.05, 0.1) is 11.1 Å². The Morgan fingerprint density at radius 1 is 0.479 bits per heavy atom. The second-order valence-electron chi connectivity index (χ2n) is 15.7. The summed E-state index contributed by atoms with van der Waals surface area (Å²) in [4.78, 5) is 4.07. The Kier molecular flexibility index (Phi) is 22.0. The van der Waals surface area contributed by atoms with Gasteiger partial charge < -0.3 is 5.32 Å². The summed E-state index contributed by atoms with van der Waals surface area (Å²) in [6.07, 6.45) is 44.9. The highest BCUT2D eigenvalue weighted by Crippen LogP contribution is 2.28. The van der Waals surface area contributed by atoms with Crippen LogP contribution < -0.4 is 20.9 Å². The van der Waals surface area contributed by atoms with Gasteiger partial charge in [-0.2, -0.15) is 0 Å². The lowest BCUT2D eigenvalue weighted by molar-refractivity contribution is -0.586. The fourth-order valence-corrected chi connectivity index (χ4v) is 8.17. The molecule has 0 unspecified atom stereocenters. The Labute approximate surface area is 298 Å². The van der Waals surface area contributed by atoms with Gasteiger partial charge in [-0.3, -0.25) is 0 Å². The van der Waals surface area contributed by atoms with Crippen molar-refractivity contribution >= 4 is 23.0 Å². The van der Waals surface area contributed by atoms with E-state index in [1.165, 1.54) is 227 Å². The smallest absolute Gasteiger partial charge is 0.234 e. The van der Waals surface area contributed by atoms with E-state index < -0.39 is 0 Å². The van der Waals surface area contributed by atoms with Gasteiger partial charge in [-0.25, -0.2) is 4.99 Å². The summed E-state index contributed by atoms with van der Waals surface area (Å²) in [7, 11) is 0. The molecule has 2 heteroatoms. The van der Waals surface area contributed by atoms with Crippen molar-refractivity contribution in [3.8, 4) is 0 Å². The summed E-state index contributed by atoms with van der Waals surface area (Å²) < 4.78 is 0. The fourth-order valence-electron chi connectivity index (χ4n) is 8.17. The Hall–Kier alpha value is -1.83. The summed E-state index contributed by atoms with van der Waals surface area (Å²) in [5.74, 6) is 0. The molecule has 0 spiro atoms. The zero-order valence-electron chi connectivity index (χ0n) is 32.2. The quantitative estimate of drug-likeness (QED) is 0.0751. The third-order valence-corrected chi connectivity index (χ3v) is 11.3. The van der Waals surface area contributed by atoms with Crippen molar-refractivity contribution in [2.24, 2.45) is 0 Å². The molecule has 48 heavy (non-hydrogen) atoms. The SMILES string of the molecule is C=c1ccc2cccc3c2c1=[NH+]C(CCCCCCCCCCCCCCCCC)(CCCCCCCCCCCCCCCCC)N3. The molecule has 0 amide bonds. The molecule has 2 aromatic rings. The molecule has 272 valence electrons. The second-order valence-corrected chi connectivity index (χ2v) is 15.7. The minimum absolute atomic E-state index is 0.0534. The molecule has 2 aromatic carbocycles. The van der Waals surface area contributed by atoms with Gasteiger partial charge in [0.2, 0.25) is 11.0 Å². The van der Waals surface area contributed by atoms with Crippen LogP contribution in [0.1, 0.15) is 219 Å². The molecule has 0 bridgehead atoms. The first-order valence-electron chi connectivity index (χ1n) is 21.6. The summed E-state index contributed by atoms with van der Waals surface area (Å²) in [6, 6.07) is 11.2. The molecule has 0 aromatic heterocycles. The molecule has 1 aliphatic rings. The number of hydrogen-bond acceptors (Lipinski definition) is 1. The zero-order chi connectivity index (χ0) is 34.0.